The number of hydrogen-bond acceptors (Lipinski definition) is 3. The second-order valence-electron chi connectivity index (χ2n) is 6.37. The Morgan fingerprint density at radius 2 is 1.80 bits per heavy atom. The molecular weight excluding hydrogens is 449 g/mol. The summed E-state index contributed by atoms with van der Waals surface area (Å²) in [5, 5.41) is 6.54. The number of sulfone groups is 1. The Bertz CT molecular complexity index is 604. The molecule has 1 atom stereocenters. The lowest BCUT2D eigenvalue weighted by Gasteiger charge is -2.20. The van der Waals surface area contributed by atoms with Gasteiger partial charge in [0.25, 0.3) is 0 Å². The van der Waals surface area contributed by atoms with Crippen molar-refractivity contribution in [3.05, 3.63) is 35.9 Å². The van der Waals surface area contributed by atoms with E-state index in [4.69, 9.17) is 0 Å². The number of aliphatic imine (C=N–C) groups is 1. The minimum atomic E-state index is -3.09. The van der Waals surface area contributed by atoms with Gasteiger partial charge in [0.2, 0.25) is 0 Å². The Hall–Kier alpha value is -0.830. The van der Waals surface area contributed by atoms with E-state index < -0.39 is 9.84 Å². The van der Waals surface area contributed by atoms with Crippen molar-refractivity contribution < 1.29 is 8.42 Å². The molecule has 144 valence electrons. The highest BCUT2D eigenvalue weighted by Crippen LogP contribution is 2.07. The Morgan fingerprint density at radius 1 is 1.16 bits per heavy atom. The van der Waals surface area contributed by atoms with E-state index in [-0.39, 0.29) is 35.5 Å². The topological polar surface area (TPSA) is 70.6 Å². The number of guanidine groups is 1. The molecular formula is C18H32IN3O2S. The summed E-state index contributed by atoms with van der Waals surface area (Å²) in [5.74, 6) is 1.50. The van der Waals surface area contributed by atoms with E-state index in [1.807, 2.05) is 37.3 Å². The van der Waals surface area contributed by atoms with Crippen LogP contribution < -0.4 is 10.6 Å². The Kier molecular flexibility index (Phi) is 12.1. The minimum absolute atomic E-state index is 0. The maximum atomic E-state index is 12.2. The van der Waals surface area contributed by atoms with Gasteiger partial charge in [0.1, 0.15) is 0 Å². The zero-order valence-electron chi connectivity index (χ0n) is 15.7. The first kappa shape index (κ1) is 24.2. The number of halogens is 1. The summed E-state index contributed by atoms with van der Waals surface area (Å²) < 4.78 is 24.3. The van der Waals surface area contributed by atoms with Crippen LogP contribution in [0.2, 0.25) is 0 Å². The molecule has 1 aromatic carbocycles. The van der Waals surface area contributed by atoms with Crippen LogP contribution in [-0.4, -0.2) is 39.3 Å². The van der Waals surface area contributed by atoms with Crippen LogP contribution >= 0.6 is 24.0 Å². The monoisotopic (exact) mass is 481 g/mol. The average Bonchev–Trinajstić information content (AvgIpc) is 2.52. The fourth-order valence-corrected chi connectivity index (χ4v) is 3.49. The van der Waals surface area contributed by atoms with E-state index in [2.05, 4.69) is 36.4 Å². The van der Waals surface area contributed by atoms with Gasteiger partial charge in [-0.15, -0.1) is 24.0 Å². The van der Waals surface area contributed by atoms with Gasteiger partial charge in [-0.1, -0.05) is 44.2 Å². The standard InChI is InChI=1S/C18H31N3O2S.HI/c1-5-19-18(21-16(4)15(2)3)20-12-9-13-24(22,23)14-17-10-7-6-8-11-17;/h6-8,10-11,15-16H,5,9,12-14H2,1-4H3,(H2,19,20,21);1H. The van der Waals surface area contributed by atoms with E-state index in [9.17, 15) is 8.42 Å². The first-order valence-electron chi connectivity index (χ1n) is 8.63. The predicted molar refractivity (Wildman–Crippen MR) is 117 cm³/mol. The van der Waals surface area contributed by atoms with Crippen molar-refractivity contribution in [3.8, 4) is 0 Å². The molecule has 7 heteroatoms. The van der Waals surface area contributed by atoms with E-state index >= 15 is 0 Å². The molecule has 0 aromatic heterocycles. The van der Waals surface area contributed by atoms with Gasteiger partial charge >= 0.3 is 0 Å². The van der Waals surface area contributed by atoms with Crippen molar-refractivity contribution in [2.24, 2.45) is 10.9 Å². The first-order chi connectivity index (χ1) is 11.3. The lowest BCUT2D eigenvalue weighted by Crippen LogP contribution is -2.44. The fraction of sp³-hybridized carbons (Fsp3) is 0.611. The highest BCUT2D eigenvalue weighted by atomic mass is 127. The summed E-state index contributed by atoms with van der Waals surface area (Å²) in [6.07, 6.45) is 0.530. The largest absolute Gasteiger partial charge is 0.357 e. The Labute approximate surface area is 170 Å². The van der Waals surface area contributed by atoms with Crippen molar-refractivity contribution in [3.63, 3.8) is 0 Å². The molecule has 0 saturated carbocycles. The number of nitrogens with zero attached hydrogens (tertiary/aromatic N) is 1. The predicted octanol–water partition coefficient (Wildman–Crippen LogP) is 3.21. The van der Waals surface area contributed by atoms with Gasteiger partial charge < -0.3 is 10.6 Å². The molecule has 0 spiro atoms. The van der Waals surface area contributed by atoms with Gasteiger partial charge in [0, 0.05) is 19.1 Å². The highest BCUT2D eigenvalue weighted by molar-refractivity contribution is 14.0. The van der Waals surface area contributed by atoms with Crippen molar-refractivity contribution in [1.29, 1.82) is 0 Å². The molecule has 2 N–H and O–H groups in total. The van der Waals surface area contributed by atoms with Gasteiger partial charge in [-0.2, -0.15) is 0 Å². The fourth-order valence-electron chi connectivity index (χ4n) is 2.08. The maximum absolute atomic E-state index is 12.2. The van der Waals surface area contributed by atoms with E-state index in [1.54, 1.807) is 0 Å². The molecule has 1 unspecified atom stereocenters. The minimum Gasteiger partial charge on any atom is -0.357 e. The third kappa shape index (κ3) is 10.7. The molecule has 1 aromatic rings. The maximum Gasteiger partial charge on any atom is 0.191 e. The van der Waals surface area contributed by atoms with Crippen LogP contribution in [0.3, 0.4) is 0 Å². The number of benzene rings is 1. The third-order valence-corrected chi connectivity index (χ3v) is 5.51. The van der Waals surface area contributed by atoms with Crippen molar-refractivity contribution in [2.75, 3.05) is 18.8 Å². The summed E-state index contributed by atoms with van der Waals surface area (Å²) in [4.78, 5) is 4.48. The van der Waals surface area contributed by atoms with Crippen LogP contribution in [-0.2, 0) is 15.6 Å². The Balaban J connectivity index is 0.00000576. The molecule has 0 radical (unpaired) electrons. The van der Waals surface area contributed by atoms with Gasteiger partial charge in [0.05, 0.1) is 11.5 Å². The SMILES string of the molecule is CCNC(=NCCCS(=O)(=O)Cc1ccccc1)NC(C)C(C)C.I. The van der Waals surface area contributed by atoms with Gasteiger partial charge in [-0.05, 0) is 31.7 Å². The van der Waals surface area contributed by atoms with Crippen molar-refractivity contribution in [2.45, 2.75) is 45.9 Å². The number of nitrogens with one attached hydrogen (secondary N) is 2. The molecule has 0 saturated heterocycles. The summed E-state index contributed by atoms with van der Waals surface area (Å²) in [5.41, 5.74) is 0.835. The Morgan fingerprint density at radius 3 is 2.36 bits per heavy atom. The van der Waals surface area contributed by atoms with E-state index in [1.165, 1.54) is 0 Å². The molecule has 0 fully saturated rings. The summed E-state index contributed by atoms with van der Waals surface area (Å²) in [6, 6.07) is 9.60. The molecule has 0 amide bonds. The highest BCUT2D eigenvalue weighted by Gasteiger charge is 2.12. The zero-order chi connectivity index (χ0) is 18.0. The lowest BCUT2D eigenvalue weighted by molar-refractivity contribution is 0.481. The summed E-state index contributed by atoms with van der Waals surface area (Å²) >= 11 is 0. The summed E-state index contributed by atoms with van der Waals surface area (Å²) in [6.45, 7) is 9.70. The molecule has 25 heavy (non-hydrogen) atoms. The van der Waals surface area contributed by atoms with Crippen LogP contribution in [0, 0.1) is 5.92 Å². The number of hydrogen-bond donors (Lipinski definition) is 2. The zero-order valence-corrected chi connectivity index (χ0v) is 18.8. The van der Waals surface area contributed by atoms with Gasteiger partial charge in [0.15, 0.2) is 15.8 Å². The molecule has 0 aliphatic rings. The van der Waals surface area contributed by atoms with Gasteiger partial charge in [-0.3, -0.25) is 4.99 Å². The van der Waals surface area contributed by atoms with E-state index in [0.717, 1.165) is 18.1 Å². The lowest BCUT2D eigenvalue weighted by atomic mass is 10.1. The molecule has 5 nitrogen and oxygen atoms in total. The third-order valence-electron chi connectivity index (χ3n) is 3.82. The van der Waals surface area contributed by atoms with Crippen LogP contribution in [0.1, 0.15) is 39.7 Å². The smallest absolute Gasteiger partial charge is 0.191 e. The van der Waals surface area contributed by atoms with Crippen molar-refractivity contribution in [1.82, 2.24) is 10.6 Å². The van der Waals surface area contributed by atoms with Crippen molar-refractivity contribution >= 4 is 39.8 Å². The quantitative estimate of drug-likeness (QED) is 0.246. The van der Waals surface area contributed by atoms with Crippen LogP contribution in [0.15, 0.2) is 35.3 Å². The molecule has 0 bridgehead atoms. The molecule has 0 aliphatic carbocycles. The van der Waals surface area contributed by atoms with Crippen LogP contribution in [0.25, 0.3) is 0 Å². The normalized spacial score (nSPS) is 13.2. The molecule has 0 aliphatic heterocycles. The van der Waals surface area contributed by atoms with Crippen LogP contribution in [0.5, 0.6) is 0 Å². The molecule has 1 rings (SSSR count). The second-order valence-corrected chi connectivity index (χ2v) is 8.55. The molecule has 0 heterocycles. The van der Waals surface area contributed by atoms with Gasteiger partial charge in [-0.25, -0.2) is 8.42 Å². The average molecular weight is 481 g/mol. The van der Waals surface area contributed by atoms with E-state index in [0.29, 0.717) is 24.9 Å². The second kappa shape index (κ2) is 12.5. The summed E-state index contributed by atoms with van der Waals surface area (Å²) in [7, 11) is -3.09. The van der Waals surface area contributed by atoms with Crippen LogP contribution in [0.4, 0.5) is 0 Å². The number of rotatable bonds is 9. The first-order valence-corrected chi connectivity index (χ1v) is 10.5.